The number of thioether (sulfide) groups is 1. The zero-order valence-electron chi connectivity index (χ0n) is 27.7. The number of hydrogen-bond acceptors (Lipinski definition) is 9. The quantitative estimate of drug-likeness (QED) is 0.102. The number of fused-ring (bicyclic) bond motifs is 5. The number of hydrogen-bond donors (Lipinski definition) is 4. The molecule has 0 saturated heterocycles. The van der Waals surface area contributed by atoms with E-state index in [0.717, 1.165) is 32.8 Å². The van der Waals surface area contributed by atoms with E-state index in [2.05, 4.69) is 5.32 Å². The molecule has 1 aliphatic carbocycles. The van der Waals surface area contributed by atoms with Crippen LogP contribution in [0, 0.1) is 0 Å². The molecule has 0 bridgehead atoms. The molecule has 2 heterocycles. The van der Waals surface area contributed by atoms with Gasteiger partial charge in [0.2, 0.25) is 5.78 Å². The van der Waals surface area contributed by atoms with Crippen molar-refractivity contribution in [2.24, 2.45) is 0 Å². The molecule has 50 heavy (non-hydrogen) atoms. The fourth-order valence-electron chi connectivity index (χ4n) is 6.17. The average molecular weight is 739 g/mol. The number of ether oxygens (including phenoxy) is 1. The van der Waals surface area contributed by atoms with E-state index in [4.69, 9.17) is 4.74 Å². The number of nitrogens with zero attached hydrogens (tertiary/aromatic N) is 1. The predicted molar refractivity (Wildman–Crippen MR) is 193 cm³/mol. The number of anilines is 2. The second-order valence-corrected chi connectivity index (χ2v) is 16.1. The van der Waals surface area contributed by atoms with E-state index < -0.39 is 44.4 Å². The van der Waals surface area contributed by atoms with E-state index in [-0.39, 0.29) is 59.3 Å². The van der Waals surface area contributed by atoms with Gasteiger partial charge in [0.05, 0.1) is 21.4 Å². The van der Waals surface area contributed by atoms with E-state index in [1.54, 1.807) is 48.6 Å². The van der Waals surface area contributed by atoms with Crippen LogP contribution in [0.3, 0.4) is 0 Å². The van der Waals surface area contributed by atoms with Gasteiger partial charge < -0.3 is 11.1 Å². The van der Waals surface area contributed by atoms with Crippen molar-refractivity contribution < 1.29 is 67.4 Å². The summed E-state index contributed by atoms with van der Waals surface area (Å²) in [7, 11) is -7.59. The third-order valence-corrected chi connectivity index (χ3v) is 12.2. The van der Waals surface area contributed by atoms with E-state index in [0.29, 0.717) is 10.7 Å². The van der Waals surface area contributed by atoms with Gasteiger partial charge in [-0.1, -0.05) is 84.6 Å². The summed E-state index contributed by atoms with van der Waals surface area (Å²) in [6, 6.07) is 27.4. The predicted octanol–water partition coefficient (Wildman–Crippen LogP) is 5.60. The van der Waals surface area contributed by atoms with Gasteiger partial charge in [-0.2, -0.15) is 8.42 Å². The molecule has 4 aromatic rings. The average Bonchev–Trinajstić information content (AvgIpc) is 3.64. The summed E-state index contributed by atoms with van der Waals surface area (Å²) in [5, 5.41) is 3.55. The van der Waals surface area contributed by atoms with Crippen molar-refractivity contribution in [1.82, 2.24) is 0 Å². The van der Waals surface area contributed by atoms with Crippen molar-refractivity contribution in [3.8, 4) is 11.1 Å². The Morgan fingerprint density at radius 3 is 2.20 bits per heavy atom. The summed E-state index contributed by atoms with van der Waals surface area (Å²) in [6.45, 7) is 0.268. The van der Waals surface area contributed by atoms with Gasteiger partial charge in [-0.3, -0.25) is 23.8 Å². The van der Waals surface area contributed by atoms with Crippen LogP contribution in [0.4, 0.5) is 16.2 Å². The van der Waals surface area contributed by atoms with Crippen molar-refractivity contribution in [3.05, 3.63) is 142 Å². The van der Waals surface area contributed by atoms with Crippen molar-refractivity contribution in [2.45, 2.75) is 22.3 Å². The van der Waals surface area contributed by atoms with Crippen molar-refractivity contribution >= 4 is 55.7 Å². The molecule has 3 aliphatic rings. The third-order valence-electron chi connectivity index (χ3n) is 8.33. The van der Waals surface area contributed by atoms with E-state index in [1.807, 2.05) is 59.5 Å². The zero-order valence-corrected chi connectivity index (χ0v) is 31.2. The molecule has 1 amide bonds. The van der Waals surface area contributed by atoms with E-state index >= 15 is 0 Å². The first-order valence-electron chi connectivity index (χ1n) is 15.2. The van der Waals surface area contributed by atoms with Crippen LogP contribution in [0.2, 0.25) is 0 Å². The minimum Gasteiger partial charge on any atom is -1.00 e. The first kappa shape index (κ1) is 36.2. The Labute approximate surface area is 318 Å². The number of rotatable bonds is 8. The van der Waals surface area contributed by atoms with E-state index in [1.165, 1.54) is 23.9 Å². The number of Topliss-reactive ketones (excluding diaryl/α,β-unsaturated/α-hetero) is 1. The Balaban J connectivity index is 0.00000252. The van der Waals surface area contributed by atoms with Gasteiger partial charge in [-0.25, -0.2) is 4.79 Å². The number of benzene rings is 4. The molecule has 0 fully saturated rings. The molecule has 0 aromatic heterocycles. The third kappa shape index (κ3) is 7.11. The second kappa shape index (κ2) is 14.5. The Hall–Kier alpha value is -3.63. The molecule has 14 heteroatoms. The number of ketones is 1. The summed E-state index contributed by atoms with van der Waals surface area (Å²) in [5.74, 6) is -0.861. The number of carbonyl (C=O) groups is 2. The molecule has 2 aliphatic heterocycles. The van der Waals surface area contributed by atoms with Crippen LogP contribution in [0.5, 0.6) is 0 Å². The minimum absolute atomic E-state index is 0. The molecule has 0 spiro atoms. The molecule has 0 radical (unpaired) electrons. The van der Waals surface area contributed by atoms with Gasteiger partial charge in [-0.15, -0.1) is 10.6 Å². The fourth-order valence-corrected chi connectivity index (χ4v) is 9.41. The maximum Gasteiger partial charge on any atom is 1.00 e. The maximum absolute atomic E-state index is 13.2. The molecule has 4 N–H and O–H groups in total. The second-order valence-electron chi connectivity index (χ2n) is 11.5. The molecule has 10 nitrogen and oxygen atoms in total. The van der Waals surface area contributed by atoms with Gasteiger partial charge in [-0.05, 0) is 60.0 Å². The summed E-state index contributed by atoms with van der Waals surface area (Å²) in [5.41, 5.74) is 5.40. The first-order valence-corrected chi connectivity index (χ1v) is 19.2. The summed E-state index contributed by atoms with van der Waals surface area (Å²) >= 11 is 1.38. The van der Waals surface area contributed by atoms with Gasteiger partial charge in [0, 0.05) is 33.8 Å². The molecule has 0 saturated carbocycles. The molecule has 252 valence electrons. The van der Waals surface area contributed by atoms with Crippen LogP contribution in [-0.4, -0.2) is 46.3 Å². The smallest absolute Gasteiger partial charge is 1.00 e. The number of amides is 1. The Morgan fingerprint density at radius 2 is 1.54 bits per heavy atom. The fraction of sp³-hybridized carbons (Fsp3) is 0.111. The van der Waals surface area contributed by atoms with Crippen molar-refractivity contribution in [2.75, 3.05) is 22.5 Å². The van der Waals surface area contributed by atoms with Crippen molar-refractivity contribution in [1.29, 1.82) is 0 Å². The Bertz CT molecular complexity index is 2180. The molecule has 0 unspecified atom stereocenters. The normalized spacial score (nSPS) is 18.1. The SMILES string of the molecule is O=C(Nc1ccc2c(c1)SC(=CC=CC=C1C(=O)c3ccccc3S1(O)O)N2CCCS(=O)(=O)O)OC1c2ccccc2-c2ccccc21.[H-].[Na+]. The van der Waals surface area contributed by atoms with Crippen LogP contribution < -0.4 is 39.8 Å². The summed E-state index contributed by atoms with van der Waals surface area (Å²) in [4.78, 5) is 28.8. The molecule has 0 atom stereocenters. The molecule has 7 rings (SSSR count). The zero-order chi connectivity index (χ0) is 34.3. The van der Waals surface area contributed by atoms with Gasteiger partial charge in [0.15, 0.2) is 6.10 Å². The Morgan fingerprint density at radius 1 is 0.920 bits per heavy atom. The molecular weight excluding hydrogens is 708 g/mol. The number of carbonyl (C=O) groups excluding carboxylic acids is 2. The maximum atomic E-state index is 13.2. The van der Waals surface area contributed by atoms with Crippen LogP contribution in [0.1, 0.15) is 35.4 Å². The van der Waals surface area contributed by atoms with Gasteiger partial charge >= 0.3 is 35.7 Å². The molecule has 4 aromatic carbocycles. The van der Waals surface area contributed by atoms with Crippen LogP contribution >= 0.6 is 22.4 Å². The first-order chi connectivity index (χ1) is 23.5. The number of nitrogens with one attached hydrogen (secondary N) is 1. The van der Waals surface area contributed by atoms with Crippen LogP contribution in [0.25, 0.3) is 11.1 Å². The summed E-state index contributed by atoms with van der Waals surface area (Å²) < 4.78 is 59.5. The van der Waals surface area contributed by atoms with Gasteiger partial charge in [0.1, 0.15) is 4.91 Å². The van der Waals surface area contributed by atoms with Gasteiger partial charge in [0.25, 0.3) is 10.1 Å². The van der Waals surface area contributed by atoms with Crippen molar-refractivity contribution in [3.63, 3.8) is 0 Å². The topological polar surface area (TPSA) is 153 Å². The largest absolute Gasteiger partial charge is 1.00 e. The van der Waals surface area contributed by atoms with Crippen LogP contribution in [-0.2, 0) is 14.9 Å². The number of allylic oxidation sites excluding steroid dienone is 5. The Kier molecular flexibility index (Phi) is 10.5. The minimum atomic E-state index is -4.16. The molecular formula is C36H31N2NaO8S3. The standard InChI is InChI=1S/C36H30N2O8S3.Na.H/c39-34-28-14-5-6-15-31(28)49(44,45)32(34)16-7-8-17-33-38(20-9-21-48(41,42)43)29-19-18-23(22-30(29)47-33)37-36(40)46-35-26-12-3-1-10-24(26)25-11-2-4-13-27(25)35;;/h1-8,10-19,22,35,44-45H,9,20-21H2,(H,37,40)(H,41,42,43);;/q;+1;-1. The summed E-state index contributed by atoms with van der Waals surface area (Å²) in [6.07, 6.45) is 5.31. The van der Waals surface area contributed by atoms with Crippen LogP contribution in [0.15, 0.2) is 135 Å². The monoisotopic (exact) mass is 738 g/mol. The van der Waals surface area contributed by atoms with E-state index in [9.17, 15) is 31.7 Å².